The number of aryl methyl sites for hydroxylation is 3. The molecule has 2 fully saturated rings. The average Bonchev–Trinajstić information content (AvgIpc) is 3.31. The van der Waals surface area contributed by atoms with Crippen molar-refractivity contribution in [3.8, 4) is 11.3 Å². The van der Waals surface area contributed by atoms with Crippen LogP contribution in [0.5, 0.6) is 0 Å². The molecule has 8 heteroatoms. The number of nitrogens with zero attached hydrogens (tertiary/aromatic N) is 5. The Bertz CT molecular complexity index is 1120. The minimum absolute atomic E-state index is 0.121. The average molecular weight is 406 g/mol. The third-order valence-corrected chi connectivity index (χ3v) is 6.38. The molecule has 1 aromatic carbocycles. The lowest BCUT2D eigenvalue weighted by Gasteiger charge is -2.61. The zero-order valence-electron chi connectivity index (χ0n) is 17.7. The molecule has 8 nitrogen and oxygen atoms in total. The number of urea groups is 1. The number of hydrogen-bond donors (Lipinski definition) is 1. The Hall–Kier alpha value is -3.16. The molecule has 1 aliphatic heterocycles. The van der Waals surface area contributed by atoms with Gasteiger partial charge in [-0.15, -0.1) is 10.2 Å². The van der Waals surface area contributed by atoms with Crippen molar-refractivity contribution in [2.45, 2.75) is 51.6 Å². The molecule has 3 atom stereocenters. The fourth-order valence-corrected chi connectivity index (χ4v) is 5.15. The Morgan fingerprint density at radius 2 is 2.07 bits per heavy atom. The van der Waals surface area contributed by atoms with Gasteiger partial charge in [-0.2, -0.15) is 5.10 Å². The van der Waals surface area contributed by atoms with Crippen LogP contribution in [0, 0.1) is 19.8 Å². The minimum Gasteiger partial charge on any atom is -0.423 e. The van der Waals surface area contributed by atoms with Crippen LogP contribution >= 0.6 is 0 Å². The largest absolute Gasteiger partial charge is 0.423 e. The number of aromatic nitrogens is 4. The monoisotopic (exact) mass is 406 g/mol. The second-order valence-corrected chi connectivity index (χ2v) is 8.77. The van der Waals surface area contributed by atoms with Crippen molar-refractivity contribution in [2.75, 3.05) is 5.32 Å². The van der Waals surface area contributed by atoms with Gasteiger partial charge in [0, 0.05) is 43.9 Å². The number of piperidine rings is 1. The molecule has 0 radical (unpaired) electrons. The zero-order chi connectivity index (χ0) is 21.0. The molecule has 1 saturated carbocycles. The van der Waals surface area contributed by atoms with Gasteiger partial charge in [-0.1, -0.05) is 13.0 Å². The van der Waals surface area contributed by atoms with Gasteiger partial charge in [0.25, 0.3) is 0 Å². The van der Waals surface area contributed by atoms with Crippen LogP contribution in [0.3, 0.4) is 0 Å². The summed E-state index contributed by atoms with van der Waals surface area (Å²) >= 11 is 0. The lowest BCUT2D eigenvalue weighted by molar-refractivity contribution is -0.110. The highest BCUT2D eigenvalue weighted by Gasteiger charge is 2.62. The van der Waals surface area contributed by atoms with E-state index >= 15 is 0 Å². The number of likely N-dealkylation sites (tertiary alicyclic amines) is 1. The van der Waals surface area contributed by atoms with E-state index in [0.717, 1.165) is 41.8 Å². The number of amides is 2. The highest BCUT2D eigenvalue weighted by atomic mass is 16.4. The first-order valence-electron chi connectivity index (χ1n) is 10.4. The second-order valence-electron chi connectivity index (χ2n) is 8.77. The SMILES string of the molecule is Cc1nnc(C23CC(C)CC(C2)N3C(=O)Nc2ccc(C)c(-c3ccn(C)n3)c2)o1. The minimum atomic E-state index is -0.498. The van der Waals surface area contributed by atoms with E-state index in [-0.39, 0.29) is 12.1 Å². The first-order valence-corrected chi connectivity index (χ1v) is 10.4. The third kappa shape index (κ3) is 2.89. The molecule has 156 valence electrons. The number of anilines is 1. The predicted molar refractivity (Wildman–Crippen MR) is 112 cm³/mol. The Kier molecular flexibility index (Phi) is 4.20. The predicted octanol–water partition coefficient (Wildman–Crippen LogP) is 4.02. The number of rotatable bonds is 3. The zero-order valence-corrected chi connectivity index (χ0v) is 17.7. The quantitative estimate of drug-likeness (QED) is 0.710. The highest BCUT2D eigenvalue weighted by molar-refractivity contribution is 5.92. The first-order chi connectivity index (χ1) is 14.4. The molecule has 2 bridgehead atoms. The summed E-state index contributed by atoms with van der Waals surface area (Å²) in [6.45, 7) is 6.05. The molecule has 3 aromatic rings. The summed E-state index contributed by atoms with van der Waals surface area (Å²) < 4.78 is 7.56. The molecule has 3 heterocycles. The maximum atomic E-state index is 13.3. The van der Waals surface area contributed by atoms with E-state index in [2.05, 4.69) is 27.5 Å². The van der Waals surface area contributed by atoms with Crippen molar-refractivity contribution < 1.29 is 9.21 Å². The number of carbonyl (C=O) groups is 1. The van der Waals surface area contributed by atoms with Crippen molar-refractivity contribution in [3.05, 3.63) is 47.8 Å². The highest BCUT2D eigenvalue weighted by Crippen LogP contribution is 2.55. The Morgan fingerprint density at radius 3 is 2.77 bits per heavy atom. The molecule has 2 aromatic heterocycles. The first kappa shape index (κ1) is 18.8. The molecule has 1 saturated heterocycles. The van der Waals surface area contributed by atoms with E-state index in [1.165, 1.54) is 0 Å². The lowest BCUT2D eigenvalue weighted by Crippen LogP contribution is -2.70. The summed E-state index contributed by atoms with van der Waals surface area (Å²) in [4.78, 5) is 15.3. The summed E-state index contributed by atoms with van der Waals surface area (Å²) in [6, 6.07) is 7.97. The van der Waals surface area contributed by atoms with Gasteiger partial charge < -0.3 is 14.6 Å². The Labute approximate surface area is 175 Å². The van der Waals surface area contributed by atoms with Gasteiger partial charge in [0.15, 0.2) is 0 Å². The summed E-state index contributed by atoms with van der Waals surface area (Å²) in [5, 5.41) is 15.9. The van der Waals surface area contributed by atoms with E-state index in [0.29, 0.717) is 17.7 Å². The van der Waals surface area contributed by atoms with Gasteiger partial charge in [-0.05, 0) is 49.4 Å². The topological polar surface area (TPSA) is 89.1 Å². The molecule has 0 spiro atoms. The van der Waals surface area contributed by atoms with Crippen LogP contribution in [0.1, 0.15) is 43.5 Å². The third-order valence-electron chi connectivity index (χ3n) is 6.38. The maximum Gasteiger partial charge on any atom is 0.323 e. The summed E-state index contributed by atoms with van der Waals surface area (Å²) in [6.07, 6.45) is 4.62. The molecule has 1 N–H and O–H groups in total. The van der Waals surface area contributed by atoms with Crippen LogP contribution in [0.2, 0.25) is 0 Å². The van der Waals surface area contributed by atoms with Crippen LogP contribution in [0.4, 0.5) is 10.5 Å². The summed E-state index contributed by atoms with van der Waals surface area (Å²) in [7, 11) is 1.90. The van der Waals surface area contributed by atoms with Gasteiger partial charge in [0.2, 0.25) is 11.8 Å². The maximum absolute atomic E-state index is 13.3. The van der Waals surface area contributed by atoms with Crippen LogP contribution in [-0.2, 0) is 12.6 Å². The molecule has 3 unspecified atom stereocenters. The standard InChI is InChI=1S/C22H26N6O2/c1-13-9-17-12-22(11-13,20-25-24-15(3)30-20)28(17)21(29)23-16-6-5-14(2)18(10-16)19-7-8-27(4)26-19/h5-8,10,13,17H,9,11-12H2,1-4H3,(H,23,29). The van der Waals surface area contributed by atoms with Crippen LogP contribution in [-0.4, -0.2) is 37.0 Å². The number of benzene rings is 1. The fraction of sp³-hybridized carbons (Fsp3) is 0.455. The normalized spacial score (nSPS) is 25.1. The molecule has 2 amide bonds. The Balaban J connectivity index is 1.43. The fourth-order valence-electron chi connectivity index (χ4n) is 5.15. The van der Waals surface area contributed by atoms with Gasteiger partial charge in [-0.25, -0.2) is 4.79 Å². The number of nitrogens with one attached hydrogen (secondary N) is 1. The van der Waals surface area contributed by atoms with E-state index in [1.807, 2.05) is 49.3 Å². The van der Waals surface area contributed by atoms with E-state index < -0.39 is 5.54 Å². The van der Waals surface area contributed by atoms with Crippen LogP contribution in [0.25, 0.3) is 11.3 Å². The lowest BCUT2D eigenvalue weighted by atomic mass is 9.64. The molecule has 5 rings (SSSR count). The number of fused-ring (bicyclic) bond motifs is 2. The summed E-state index contributed by atoms with van der Waals surface area (Å²) in [5.74, 6) is 1.59. The van der Waals surface area contributed by atoms with Crippen molar-refractivity contribution in [1.82, 2.24) is 24.9 Å². The molecular formula is C22H26N6O2. The van der Waals surface area contributed by atoms with Crippen molar-refractivity contribution in [2.24, 2.45) is 13.0 Å². The van der Waals surface area contributed by atoms with E-state index in [9.17, 15) is 4.79 Å². The van der Waals surface area contributed by atoms with Crippen molar-refractivity contribution >= 4 is 11.7 Å². The molecule has 1 aliphatic carbocycles. The number of hydrogen-bond acceptors (Lipinski definition) is 5. The smallest absolute Gasteiger partial charge is 0.323 e. The van der Waals surface area contributed by atoms with E-state index in [4.69, 9.17) is 4.42 Å². The van der Waals surface area contributed by atoms with E-state index in [1.54, 1.807) is 11.6 Å². The molecule has 2 aliphatic rings. The summed E-state index contributed by atoms with van der Waals surface area (Å²) in [5.41, 5.74) is 3.26. The molecule has 30 heavy (non-hydrogen) atoms. The van der Waals surface area contributed by atoms with Crippen molar-refractivity contribution in [1.29, 1.82) is 0 Å². The Morgan fingerprint density at radius 1 is 1.23 bits per heavy atom. The van der Waals surface area contributed by atoms with Gasteiger partial charge in [0.05, 0.1) is 5.69 Å². The van der Waals surface area contributed by atoms with Gasteiger partial charge >= 0.3 is 6.03 Å². The van der Waals surface area contributed by atoms with Gasteiger partial charge in [0.1, 0.15) is 5.54 Å². The molecular weight excluding hydrogens is 380 g/mol. The van der Waals surface area contributed by atoms with Gasteiger partial charge in [-0.3, -0.25) is 4.68 Å². The van der Waals surface area contributed by atoms with Crippen LogP contribution in [0.15, 0.2) is 34.9 Å². The van der Waals surface area contributed by atoms with Crippen LogP contribution < -0.4 is 5.32 Å². The second kappa shape index (κ2) is 6.68. The number of carbonyl (C=O) groups excluding carboxylic acids is 1. The van der Waals surface area contributed by atoms with Crippen molar-refractivity contribution in [3.63, 3.8) is 0 Å².